The minimum Gasteiger partial charge on any atom is -0.352 e. The first kappa shape index (κ1) is 19.1. The van der Waals surface area contributed by atoms with Gasteiger partial charge in [0, 0.05) is 21.9 Å². The number of fused-ring (bicyclic) bond motifs is 2. The largest absolute Gasteiger partial charge is 0.352 e. The predicted octanol–water partition coefficient (Wildman–Crippen LogP) is 5.41. The van der Waals surface area contributed by atoms with Gasteiger partial charge in [0.1, 0.15) is 0 Å². The maximum Gasteiger partial charge on any atom is 0.256 e. The van der Waals surface area contributed by atoms with E-state index in [1.807, 2.05) is 37.3 Å². The lowest BCUT2D eigenvalue weighted by atomic mass is 9.87. The Morgan fingerprint density at radius 3 is 2.75 bits per heavy atom. The average Bonchev–Trinajstić information content (AvgIpc) is 2.83. The van der Waals surface area contributed by atoms with Crippen LogP contribution in [0.5, 0.6) is 0 Å². The van der Waals surface area contributed by atoms with Crippen molar-refractivity contribution < 1.29 is 9.59 Å². The number of amides is 2. The Bertz CT molecular complexity index is 903. The highest BCUT2D eigenvalue weighted by Gasteiger charge is 2.21. The van der Waals surface area contributed by atoms with E-state index < -0.39 is 0 Å². The van der Waals surface area contributed by atoms with Crippen molar-refractivity contribution in [3.63, 3.8) is 0 Å². The van der Waals surface area contributed by atoms with Gasteiger partial charge >= 0.3 is 0 Å². The average molecular weight is 395 g/mol. The molecule has 1 aliphatic carbocycles. The molecule has 1 saturated carbocycles. The molecule has 1 aliphatic heterocycles. The zero-order valence-corrected chi connectivity index (χ0v) is 17.0. The zero-order chi connectivity index (χ0) is 19.5. The predicted molar refractivity (Wildman–Crippen MR) is 113 cm³/mol. The van der Waals surface area contributed by atoms with Crippen LogP contribution in [0.15, 0.2) is 46.2 Å². The van der Waals surface area contributed by atoms with Crippen molar-refractivity contribution in [3.8, 4) is 0 Å². The first-order chi connectivity index (χ1) is 13.6. The quantitative estimate of drug-likeness (QED) is 0.729. The number of hydrogen-bond acceptors (Lipinski definition) is 3. The van der Waals surface area contributed by atoms with E-state index in [1.165, 1.54) is 32.1 Å². The van der Waals surface area contributed by atoms with Crippen LogP contribution in [-0.2, 0) is 0 Å². The highest BCUT2D eigenvalue weighted by atomic mass is 32.2. The fraction of sp³-hybridized carbons (Fsp3) is 0.391. The minimum atomic E-state index is -0.129. The molecule has 2 amide bonds. The molecule has 2 N–H and O–H groups in total. The Morgan fingerprint density at radius 1 is 1.11 bits per heavy atom. The summed E-state index contributed by atoms with van der Waals surface area (Å²) in [6.07, 6.45) is 7.63. The van der Waals surface area contributed by atoms with E-state index in [9.17, 15) is 9.59 Å². The van der Waals surface area contributed by atoms with Crippen LogP contribution in [0.2, 0.25) is 0 Å². The lowest BCUT2D eigenvalue weighted by Crippen LogP contribution is -2.26. The second-order valence-corrected chi connectivity index (χ2v) is 8.90. The summed E-state index contributed by atoms with van der Waals surface area (Å²) in [4.78, 5) is 27.1. The summed E-state index contributed by atoms with van der Waals surface area (Å²) in [7, 11) is 0. The number of anilines is 1. The molecule has 4 rings (SSSR count). The highest BCUT2D eigenvalue weighted by molar-refractivity contribution is 7.99. The molecule has 0 radical (unpaired) electrons. The van der Waals surface area contributed by atoms with Crippen molar-refractivity contribution >= 4 is 29.3 Å². The van der Waals surface area contributed by atoms with Crippen LogP contribution in [0, 0.1) is 12.8 Å². The van der Waals surface area contributed by atoms with Gasteiger partial charge in [-0.3, -0.25) is 9.59 Å². The lowest BCUT2D eigenvalue weighted by molar-refractivity contribution is 0.0949. The van der Waals surface area contributed by atoms with E-state index in [2.05, 4.69) is 10.6 Å². The summed E-state index contributed by atoms with van der Waals surface area (Å²) in [6, 6.07) is 11.4. The zero-order valence-electron chi connectivity index (χ0n) is 16.2. The fourth-order valence-corrected chi connectivity index (χ4v) is 5.14. The molecule has 28 heavy (non-hydrogen) atoms. The van der Waals surface area contributed by atoms with E-state index >= 15 is 0 Å². The number of nitrogens with one attached hydrogen (secondary N) is 2. The molecule has 5 heteroatoms. The van der Waals surface area contributed by atoms with Crippen LogP contribution >= 0.6 is 11.8 Å². The molecular weight excluding hydrogens is 368 g/mol. The molecule has 1 heterocycles. The van der Waals surface area contributed by atoms with E-state index in [1.54, 1.807) is 17.8 Å². The Kier molecular flexibility index (Phi) is 5.72. The number of benzene rings is 2. The van der Waals surface area contributed by atoms with Gasteiger partial charge in [-0.1, -0.05) is 49.9 Å². The fourth-order valence-electron chi connectivity index (χ4n) is 4.04. The van der Waals surface area contributed by atoms with Crippen molar-refractivity contribution in [1.29, 1.82) is 0 Å². The van der Waals surface area contributed by atoms with Gasteiger partial charge in [0.15, 0.2) is 0 Å². The minimum absolute atomic E-state index is 0.0736. The van der Waals surface area contributed by atoms with Gasteiger partial charge in [-0.25, -0.2) is 0 Å². The van der Waals surface area contributed by atoms with Gasteiger partial charge in [-0.15, -0.1) is 0 Å². The molecule has 0 spiro atoms. The Hall–Kier alpha value is -2.27. The number of rotatable bonds is 4. The molecule has 4 nitrogen and oxygen atoms in total. The Labute approximate surface area is 170 Å². The lowest BCUT2D eigenvalue weighted by Gasteiger charge is -2.21. The molecule has 2 aliphatic rings. The Morgan fingerprint density at radius 2 is 1.93 bits per heavy atom. The SMILES string of the molecule is Cc1ccc2c(c1)Sc1ccc(C(=O)NCCC3CCCCC3)cc1NC2=O. The third kappa shape index (κ3) is 4.25. The topological polar surface area (TPSA) is 58.2 Å². The number of hydrogen-bond donors (Lipinski definition) is 2. The maximum atomic E-state index is 12.6. The second-order valence-electron chi connectivity index (χ2n) is 7.82. The molecular formula is C23H26N2O2S. The molecule has 1 fully saturated rings. The van der Waals surface area contributed by atoms with Gasteiger partial charge in [0.25, 0.3) is 11.8 Å². The molecule has 0 atom stereocenters. The highest BCUT2D eigenvalue weighted by Crippen LogP contribution is 2.39. The number of carbonyl (C=O) groups is 2. The van der Waals surface area contributed by atoms with Crippen LogP contribution in [0.25, 0.3) is 0 Å². The van der Waals surface area contributed by atoms with Gasteiger partial charge < -0.3 is 10.6 Å². The molecule has 146 valence electrons. The standard InChI is InChI=1S/C23H26N2O2S/c1-15-7-9-18-21(13-15)28-20-10-8-17(14-19(20)25-23(18)27)22(26)24-12-11-16-5-3-2-4-6-16/h7-10,13-14,16H,2-6,11-12H2,1H3,(H,24,26)(H,25,27). The van der Waals surface area contributed by atoms with E-state index in [0.29, 0.717) is 23.4 Å². The Balaban J connectivity index is 1.44. The van der Waals surface area contributed by atoms with Crippen molar-refractivity contribution in [2.45, 2.75) is 55.2 Å². The van der Waals surface area contributed by atoms with E-state index in [4.69, 9.17) is 0 Å². The molecule has 0 bridgehead atoms. The van der Waals surface area contributed by atoms with Gasteiger partial charge in [0.05, 0.1) is 11.3 Å². The molecule has 0 unspecified atom stereocenters. The van der Waals surface area contributed by atoms with Gasteiger partial charge in [-0.05, 0) is 55.2 Å². The first-order valence-electron chi connectivity index (χ1n) is 10.1. The monoisotopic (exact) mass is 394 g/mol. The molecule has 0 aromatic heterocycles. The van der Waals surface area contributed by atoms with Gasteiger partial charge in [-0.2, -0.15) is 0 Å². The summed E-state index contributed by atoms with van der Waals surface area (Å²) in [5.41, 5.74) is 3.08. The summed E-state index contributed by atoms with van der Waals surface area (Å²) in [5, 5.41) is 6.01. The number of aryl methyl sites for hydroxylation is 1. The number of carbonyl (C=O) groups excluding carboxylic acids is 2. The van der Waals surface area contributed by atoms with Crippen molar-refractivity contribution in [3.05, 3.63) is 53.1 Å². The van der Waals surface area contributed by atoms with Crippen LogP contribution in [-0.4, -0.2) is 18.4 Å². The second kappa shape index (κ2) is 8.39. The summed E-state index contributed by atoms with van der Waals surface area (Å²) >= 11 is 1.56. The van der Waals surface area contributed by atoms with Crippen molar-refractivity contribution in [2.24, 2.45) is 5.92 Å². The normalized spacial score (nSPS) is 16.5. The third-order valence-electron chi connectivity index (χ3n) is 5.65. The van der Waals surface area contributed by atoms with Crippen LogP contribution < -0.4 is 10.6 Å². The van der Waals surface area contributed by atoms with Crippen LogP contribution in [0.4, 0.5) is 5.69 Å². The summed E-state index contributed by atoms with van der Waals surface area (Å²) < 4.78 is 0. The summed E-state index contributed by atoms with van der Waals surface area (Å²) in [6.45, 7) is 2.73. The van der Waals surface area contributed by atoms with E-state index in [-0.39, 0.29) is 11.8 Å². The van der Waals surface area contributed by atoms with Crippen LogP contribution in [0.1, 0.15) is 64.8 Å². The van der Waals surface area contributed by atoms with Crippen molar-refractivity contribution in [1.82, 2.24) is 5.32 Å². The van der Waals surface area contributed by atoms with E-state index in [0.717, 1.165) is 27.7 Å². The smallest absolute Gasteiger partial charge is 0.256 e. The molecule has 2 aromatic rings. The summed E-state index contributed by atoms with van der Waals surface area (Å²) in [5.74, 6) is 0.547. The molecule has 0 saturated heterocycles. The molecule has 2 aromatic carbocycles. The first-order valence-corrected chi connectivity index (χ1v) is 10.9. The van der Waals surface area contributed by atoms with Crippen molar-refractivity contribution in [2.75, 3.05) is 11.9 Å². The maximum absolute atomic E-state index is 12.6. The van der Waals surface area contributed by atoms with Gasteiger partial charge in [0.2, 0.25) is 0 Å². The third-order valence-corrected chi connectivity index (χ3v) is 6.79. The van der Waals surface area contributed by atoms with Crippen LogP contribution in [0.3, 0.4) is 0 Å².